The zero-order valence-electron chi connectivity index (χ0n) is 10.8. The van der Waals surface area contributed by atoms with Gasteiger partial charge in [0.1, 0.15) is 12.4 Å². The van der Waals surface area contributed by atoms with Crippen molar-refractivity contribution in [2.75, 3.05) is 6.61 Å². The first-order chi connectivity index (χ1) is 10.1. The minimum Gasteiger partial charge on any atom is -0.462 e. The van der Waals surface area contributed by atoms with E-state index < -0.39 is 11.4 Å². The molecule has 0 unspecified atom stereocenters. The summed E-state index contributed by atoms with van der Waals surface area (Å²) >= 11 is 3.31. The zero-order valence-corrected chi connectivity index (χ0v) is 12.4. The molecule has 2 heterocycles. The van der Waals surface area contributed by atoms with Gasteiger partial charge in [0.15, 0.2) is 17.1 Å². The van der Waals surface area contributed by atoms with Gasteiger partial charge in [0.2, 0.25) is 0 Å². The van der Waals surface area contributed by atoms with Crippen molar-refractivity contribution in [3.8, 4) is 11.5 Å². The maximum Gasteiger partial charge on any atom is 0.283 e. The third kappa shape index (κ3) is 1.68. The number of para-hydroxylation sites is 1. The van der Waals surface area contributed by atoms with Gasteiger partial charge in [-0.05, 0) is 18.2 Å². The lowest BCUT2D eigenvalue weighted by Gasteiger charge is -2.33. The normalized spacial score (nSPS) is 22.1. The van der Waals surface area contributed by atoms with E-state index in [1.165, 1.54) is 6.07 Å². The van der Waals surface area contributed by atoms with Crippen LogP contribution in [0.4, 0.5) is 4.39 Å². The van der Waals surface area contributed by atoms with Crippen LogP contribution in [-0.4, -0.2) is 12.6 Å². The molecule has 0 aromatic heterocycles. The molecule has 1 spiro atoms. The van der Waals surface area contributed by atoms with Crippen LogP contribution in [0.1, 0.15) is 11.1 Å². The van der Waals surface area contributed by atoms with Crippen molar-refractivity contribution in [1.29, 1.82) is 0 Å². The summed E-state index contributed by atoms with van der Waals surface area (Å²) in [6.45, 7) is 0.224. The van der Waals surface area contributed by atoms with Crippen molar-refractivity contribution in [2.45, 2.75) is 5.54 Å². The molecule has 21 heavy (non-hydrogen) atoms. The molecule has 0 fully saturated rings. The summed E-state index contributed by atoms with van der Waals surface area (Å²) in [7, 11) is 0. The number of benzene rings is 2. The number of hydrogen-bond donors (Lipinski definition) is 1. The first-order valence-electron chi connectivity index (χ1n) is 6.35. The molecular weight excluding hydrogens is 339 g/mol. The first-order valence-corrected chi connectivity index (χ1v) is 7.14. The van der Waals surface area contributed by atoms with Gasteiger partial charge in [-0.3, -0.25) is 0 Å². The van der Waals surface area contributed by atoms with Gasteiger partial charge in [-0.25, -0.2) is 9.38 Å². The van der Waals surface area contributed by atoms with Crippen LogP contribution in [0.15, 0.2) is 45.9 Å². The predicted molar refractivity (Wildman–Crippen MR) is 79.0 cm³/mol. The van der Waals surface area contributed by atoms with Gasteiger partial charge in [-0.15, -0.1) is 0 Å². The highest BCUT2D eigenvalue weighted by atomic mass is 79.9. The molecule has 2 aromatic rings. The van der Waals surface area contributed by atoms with Crippen molar-refractivity contribution in [1.82, 2.24) is 0 Å². The Hall–Kier alpha value is -2.08. The number of ether oxygens (including phenoxy) is 2. The van der Waals surface area contributed by atoms with Gasteiger partial charge >= 0.3 is 0 Å². The Kier molecular flexibility index (Phi) is 2.53. The summed E-state index contributed by atoms with van der Waals surface area (Å²) in [6.07, 6.45) is 0. The quantitative estimate of drug-likeness (QED) is 0.794. The molecule has 0 bridgehead atoms. The van der Waals surface area contributed by atoms with E-state index in [-0.39, 0.29) is 18.4 Å². The second-order valence-corrected chi connectivity index (χ2v) is 5.88. The average molecular weight is 349 g/mol. The largest absolute Gasteiger partial charge is 0.462 e. The number of hydrogen-bond acceptors (Lipinski definition) is 4. The van der Waals surface area contributed by atoms with E-state index in [9.17, 15) is 4.39 Å². The molecule has 2 aliphatic rings. The number of nitrogens with zero attached hydrogens (tertiary/aromatic N) is 1. The molecule has 0 radical (unpaired) electrons. The van der Waals surface area contributed by atoms with Gasteiger partial charge in [-0.2, -0.15) is 0 Å². The number of nitrogens with two attached hydrogens (primary N) is 1. The molecule has 1 atom stereocenters. The first kappa shape index (κ1) is 12.6. The molecule has 0 aliphatic carbocycles. The molecule has 2 aliphatic heterocycles. The van der Waals surface area contributed by atoms with Gasteiger partial charge in [-0.1, -0.05) is 34.1 Å². The van der Waals surface area contributed by atoms with E-state index in [0.29, 0.717) is 15.8 Å². The van der Waals surface area contributed by atoms with Crippen molar-refractivity contribution < 1.29 is 13.9 Å². The molecule has 2 N–H and O–H groups in total. The van der Waals surface area contributed by atoms with Gasteiger partial charge < -0.3 is 15.2 Å². The van der Waals surface area contributed by atoms with Gasteiger partial charge in [0, 0.05) is 15.6 Å². The molecule has 4 nitrogen and oxygen atoms in total. The van der Waals surface area contributed by atoms with E-state index in [0.717, 1.165) is 5.56 Å². The molecule has 4 rings (SSSR count). The van der Waals surface area contributed by atoms with E-state index in [1.807, 2.05) is 18.2 Å². The van der Waals surface area contributed by atoms with Crippen LogP contribution in [0.2, 0.25) is 0 Å². The Morgan fingerprint density at radius 3 is 2.81 bits per heavy atom. The average Bonchev–Trinajstić information content (AvgIpc) is 2.84. The Labute approximate surface area is 128 Å². The fraction of sp³-hybridized carbons (Fsp3) is 0.133. The monoisotopic (exact) mass is 348 g/mol. The van der Waals surface area contributed by atoms with Crippen LogP contribution in [0.5, 0.6) is 11.5 Å². The lowest BCUT2D eigenvalue weighted by atomic mass is 9.81. The van der Waals surface area contributed by atoms with Crippen molar-refractivity contribution in [3.05, 3.63) is 57.8 Å². The smallest absolute Gasteiger partial charge is 0.283 e. The summed E-state index contributed by atoms with van der Waals surface area (Å²) in [5.41, 5.74) is 6.27. The number of fused-ring (bicyclic) bond motifs is 4. The van der Waals surface area contributed by atoms with Crippen molar-refractivity contribution in [3.63, 3.8) is 0 Å². The highest BCUT2D eigenvalue weighted by Crippen LogP contribution is 2.52. The molecule has 106 valence electrons. The maximum absolute atomic E-state index is 14.3. The summed E-state index contributed by atoms with van der Waals surface area (Å²) in [5, 5.41) is 0. The maximum atomic E-state index is 14.3. The fourth-order valence-corrected chi connectivity index (χ4v) is 3.26. The zero-order chi connectivity index (χ0) is 14.6. The van der Waals surface area contributed by atoms with E-state index in [2.05, 4.69) is 20.9 Å². The van der Waals surface area contributed by atoms with Crippen LogP contribution in [0.3, 0.4) is 0 Å². The van der Waals surface area contributed by atoms with Crippen LogP contribution in [-0.2, 0) is 10.3 Å². The second-order valence-electron chi connectivity index (χ2n) is 4.96. The Morgan fingerprint density at radius 2 is 2.05 bits per heavy atom. The molecule has 0 saturated carbocycles. The Bertz CT molecular complexity index is 793. The van der Waals surface area contributed by atoms with Crippen LogP contribution >= 0.6 is 15.9 Å². The third-order valence-electron chi connectivity index (χ3n) is 3.73. The third-order valence-corrected chi connectivity index (χ3v) is 4.19. The van der Waals surface area contributed by atoms with E-state index in [1.54, 1.807) is 12.1 Å². The molecular formula is C15H10BrFN2O2. The lowest BCUT2D eigenvalue weighted by molar-refractivity contribution is 0.262. The summed E-state index contributed by atoms with van der Waals surface area (Å²) < 4.78 is 26.0. The van der Waals surface area contributed by atoms with Gasteiger partial charge in [0.25, 0.3) is 6.02 Å². The predicted octanol–water partition coefficient (Wildman–Crippen LogP) is 3.28. The summed E-state index contributed by atoms with van der Waals surface area (Å²) in [4.78, 5) is 4.45. The number of amidine groups is 1. The number of rotatable bonds is 0. The fourth-order valence-electron chi connectivity index (χ4n) is 2.83. The Balaban J connectivity index is 2.08. The van der Waals surface area contributed by atoms with Crippen molar-refractivity contribution in [2.24, 2.45) is 10.7 Å². The summed E-state index contributed by atoms with van der Waals surface area (Å²) in [6, 6.07) is 10.6. The minimum absolute atomic E-state index is 0.0954. The van der Waals surface area contributed by atoms with Gasteiger partial charge in [0.05, 0.1) is 0 Å². The number of aliphatic imine (C=N–C) groups is 1. The van der Waals surface area contributed by atoms with Crippen LogP contribution in [0, 0.1) is 5.82 Å². The van der Waals surface area contributed by atoms with Crippen LogP contribution in [0.25, 0.3) is 0 Å². The lowest BCUT2D eigenvalue weighted by Crippen LogP contribution is -2.31. The molecule has 2 aromatic carbocycles. The van der Waals surface area contributed by atoms with E-state index in [4.69, 9.17) is 15.2 Å². The van der Waals surface area contributed by atoms with Crippen LogP contribution < -0.4 is 10.5 Å². The molecule has 0 amide bonds. The highest BCUT2D eigenvalue weighted by molar-refractivity contribution is 9.10. The standard InChI is InChI=1S/C15H10BrFN2O2/c16-8-5-10-13(11(17)6-8)21-12-4-2-1-3-9(12)15(10)7-20-14(18)19-15/h1-6H,7H2,(H2,18,19)/t15-/m0/s1. The van der Waals surface area contributed by atoms with Crippen molar-refractivity contribution >= 4 is 22.0 Å². The highest BCUT2D eigenvalue weighted by Gasteiger charge is 2.47. The van der Waals surface area contributed by atoms with E-state index >= 15 is 0 Å². The SMILES string of the molecule is NC1=N[C@@]2(CO1)c1ccccc1Oc1c(F)cc(Br)cc12. The Morgan fingerprint density at radius 1 is 1.24 bits per heavy atom. The topological polar surface area (TPSA) is 56.8 Å². The minimum atomic E-state index is -0.862. The number of halogens is 2. The second kappa shape index (κ2) is 4.21. The summed E-state index contributed by atoms with van der Waals surface area (Å²) in [5.74, 6) is 0.279. The molecule has 6 heteroatoms. The molecule has 0 saturated heterocycles.